The monoisotopic (exact) mass is 397 g/mol. The summed E-state index contributed by atoms with van der Waals surface area (Å²) in [6.45, 7) is 10.4. The molecule has 0 aromatic rings. The van der Waals surface area contributed by atoms with Gasteiger partial charge in [0.25, 0.3) is 0 Å². The van der Waals surface area contributed by atoms with Crippen LogP contribution in [0.2, 0.25) is 0 Å². The summed E-state index contributed by atoms with van der Waals surface area (Å²) >= 11 is 0. The molecule has 162 valence electrons. The number of carbonyl (C=O) groups excluding carboxylic acids is 2. The van der Waals surface area contributed by atoms with Gasteiger partial charge in [-0.2, -0.15) is 0 Å². The highest BCUT2D eigenvalue weighted by atomic mass is 16.6. The van der Waals surface area contributed by atoms with Crippen LogP contribution in [0.5, 0.6) is 0 Å². The van der Waals surface area contributed by atoms with Gasteiger partial charge in [0.1, 0.15) is 17.7 Å². The number of nitrogens with one attached hydrogen (secondary N) is 1. The number of ether oxygens (including phenoxy) is 3. The summed E-state index contributed by atoms with van der Waals surface area (Å²) in [5.41, 5.74) is -0.604. The standard InChI is InChI=1S/C22H39NO5/c1-6-7-9-17-15(2)27-20(24)18(23-21(25)28-22(3,4)5)10-8-11-19(17)26-14-16-12-13-16/h15-19H,6-14H2,1-5H3,(H,23,25). The number of esters is 1. The van der Waals surface area contributed by atoms with Gasteiger partial charge in [0.2, 0.25) is 0 Å². The van der Waals surface area contributed by atoms with Gasteiger partial charge < -0.3 is 19.5 Å². The molecule has 2 fully saturated rings. The quantitative estimate of drug-likeness (QED) is 0.636. The minimum Gasteiger partial charge on any atom is -0.461 e. The van der Waals surface area contributed by atoms with Crippen LogP contribution >= 0.6 is 0 Å². The second-order valence-electron chi connectivity index (χ2n) is 9.39. The topological polar surface area (TPSA) is 73.9 Å². The summed E-state index contributed by atoms with van der Waals surface area (Å²) in [6.07, 6.45) is 7.24. The number of cyclic esters (lactones) is 1. The summed E-state index contributed by atoms with van der Waals surface area (Å²) in [5, 5.41) is 2.70. The van der Waals surface area contributed by atoms with Crippen molar-refractivity contribution in [3.8, 4) is 0 Å². The number of hydrogen-bond acceptors (Lipinski definition) is 5. The first-order valence-corrected chi connectivity index (χ1v) is 11.0. The highest BCUT2D eigenvalue weighted by molar-refractivity contribution is 5.81. The molecule has 0 aromatic heterocycles. The molecule has 0 spiro atoms. The lowest BCUT2D eigenvalue weighted by Gasteiger charge is -2.31. The average Bonchev–Trinajstić information content (AvgIpc) is 3.39. The minimum absolute atomic E-state index is 0.107. The third-order valence-electron chi connectivity index (χ3n) is 5.47. The zero-order valence-corrected chi connectivity index (χ0v) is 18.3. The van der Waals surface area contributed by atoms with E-state index >= 15 is 0 Å². The molecule has 1 aliphatic heterocycles. The normalized spacial score (nSPS) is 29.2. The number of hydrogen-bond donors (Lipinski definition) is 1. The number of carbonyl (C=O) groups is 2. The van der Waals surface area contributed by atoms with Crippen LogP contribution < -0.4 is 5.32 Å². The minimum atomic E-state index is -0.675. The molecule has 4 unspecified atom stereocenters. The fraction of sp³-hybridized carbons (Fsp3) is 0.909. The fourth-order valence-electron chi connectivity index (χ4n) is 3.70. The molecule has 1 saturated carbocycles. The summed E-state index contributed by atoms with van der Waals surface area (Å²) in [7, 11) is 0. The molecule has 1 saturated heterocycles. The molecule has 1 aliphatic carbocycles. The maximum absolute atomic E-state index is 12.7. The molecule has 0 bridgehead atoms. The summed E-state index contributed by atoms with van der Waals surface area (Å²) in [4.78, 5) is 24.8. The van der Waals surface area contributed by atoms with E-state index in [1.165, 1.54) is 12.8 Å². The molecule has 0 aromatic carbocycles. The first-order chi connectivity index (χ1) is 13.2. The highest BCUT2D eigenvalue weighted by Gasteiger charge is 2.35. The van der Waals surface area contributed by atoms with Crippen molar-refractivity contribution in [3.05, 3.63) is 0 Å². The molecule has 6 heteroatoms. The van der Waals surface area contributed by atoms with E-state index in [0.29, 0.717) is 12.3 Å². The Morgan fingerprint density at radius 1 is 1.21 bits per heavy atom. The van der Waals surface area contributed by atoms with Crippen molar-refractivity contribution in [2.45, 2.75) is 110 Å². The lowest BCUT2D eigenvalue weighted by molar-refractivity contribution is -0.156. The molecule has 1 heterocycles. The van der Waals surface area contributed by atoms with Gasteiger partial charge in [-0.25, -0.2) is 9.59 Å². The van der Waals surface area contributed by atoms with E-state index in [9.17, 15) is 9.59 Å². The molecule has 4 atom stereocenters. The van der Waals surface area contributed by atoms with Gasteiger partial charge in [-0.1, -0.05) is 19.8 Å². The molecule has 0 radical (unpaired) electrons. The van der Waals surface area contributed by atoms with Gasteiger partial charge in [0, 0.05) is 12.5 Å². The Hall–Kier alpha value is -1.30. The van der Waals surface area contributed by atoms with Crippen molar-refractivity contribution in [1.82, 2.24) is 5.32 Å². The van der Waals surface area contributed by atoms with Crippen molar-refractivity contribution < 1.29 is 23.8 Å². The maximum atomic E-state index is 12.7. The van der Waals surface area contributed by atoms with Crippen LogP contribution in [0.1, 0.15) is 86.0 Å². The Balaban J connectivity index is 2.02. The second-order valence-corrected chi connectivity index (χ2v) is 9.39. The molecule has 6 nitrogen and oxygen atoms in total. The van der Waals surface area contributed by atoms with Gasteiger partial charge >= 0.3 is 12.1 Å². The van der Waals surface area contributed by atoms with Crippen molar-refractivity contribution in [1.29, 1.82) is 0 Å². The first-order valence-electron chi connectivity index (χ1n) is 11.0. The lowest BCUT2D eigenvalue weighted by Crippen LogP contribution is -2.45. The largest absolute Gasteiger partial charge is 0.461 e. The summed E-state index contributed by atoms with van der Waals surface area (Å²) < 4.78 is 17.4. The Kier molecular flexibility index (Phi) is 8.59. The van der Waals surface area contributed by atoms with Crippen LogP contribution in [0.25, 0.3) is 0 Å². The third kappa shape index (κ3) is 7.98. The van der Waals surface area contributed by atoms with Crippen LogP contribution in [0.3, 0.4) is 0 Å². The molecule has 1 amide bonds. The van der Waals surface area contributed by atoms with E-state index in [-0.39, 0.29) is 24.1 Å². The third-order valence-corrected chi connectivity index (χ3v) is 5.47. The Labute approximate surface area is 170 Å². The lowest BCUT2D eigenvalue weighted by atomic mass is 9.88. The van der Waals surface area contributed by atoms with E-state index in [1.807, 2.05) is 6.92 Å². The molecule has 28 heavy (non-hydrogen) atoms. The predicted octanol–water partition coefficient (Wildman–Crippen LogP) is 4.60. The number of rotatable bonds is 7. The average molecular weight is 398 g/mol. The number of unbranched alkanes of at least 4 members (excludes halogenated alkanes) is 1. The van der Waals surface area contributed by atoms with Crippen LogP contribution in [-0.4, -0.2) is 42.5 Å². The van der Waals surface area contributed by atoms with E-state index in [2.05, 4.69) is 12.2 Å². The first kappa shape index (κ1) is 23.0. The number of amides is 1. The highest BCUT2D eigenvalue weighted by Crippen LogP contribution is 2.33. The van der Waals surface area contributed by atoms with Gasteiger partial charge in [-0.15, -0.1) is 0 Å². The van der Waals surface area contributed by atoms with E-state index in [1.54, 1.807) is 20.8 Å². The Morgan fingerprint density at radius 3 is 2.54 bits per heavy atom. The summed E-state index contributed by atoms with van der Waals surface area (Å²) in [6, 6.07) is -0.675. The van der Waals surface area contributed by atoms with Crippen LogP contribution in [0.15, 0.2) is 0 Å². The van der Waals surface area contributed by atoms with E-state index < -0.39 is 17.7 Å². The molecular weight excluding hydrogens is 358 g/mol. The molecule has 2 aliphatic rings. The van der Waals surface area contributed by atoms with Crippen molar-refractivity contribution in [2.24, 2.45) is 11.8 Å². The predicted molar refractivity (Wildman–Crippen MR) is 108 cm³/mol. The van der Waals surface area contributed by atoms with Gasteiger partial charge in [0.05, 0.1) is 6.10 Å². The zero-order valence-electron chi connectivity index (χ0n) is 18.3. The Morgan fingerprint density at radius 2 is 1.93 bits per heavy atom. The van der Waals surface area contributed by atoms with Crippen molar-refractivity contribution >= 4 is 12.1 Å². The fourth-order valence-corrected chi connectivity index (χ4v) is 3.70. The van der Waals surface area contributed by atoms with Gasteiger partial charge in [-0.3, -0.25) is 0 Å². The van der Waals surface area contributed by atoms with Crippen LogP contribution in [0.4, 0.5) is 4.79 Å². The second kappa shape index (κ2) is 10.5. The Bertz CT molecular complexity index is 512. The molecule has 2 rings (SSSR count). The zero-order chi connectivity index (χ0) is 20.7. The molecule has 1 N–H and O–H groups in total. The number of alkyl carbamates (subject to hydrolysis) is 1. The van der Waals surface area contributed by atoms with Crippen molar-refractivity contribution in [2.75, 3.05) is 6.61 Å². The summed E-state index contributed by atoms with van der Waals surface area (Å²) in [5.74, 6) is 0.532. The van der Waals surface area contributed by atoms with Gasteiger partial charge in [0.15, 0.2) is 0 Å². The smallest absolute Gasteiger partial charge is 0.408 e. The molecular formula is C22H39NO5. The van der Waals surface area contributed by atoms with Crippen LogP contribution in [0, 0.1) is 11.8 Å². The SMILES string of the molecule is CCCCC1C(C)OC(=O)C(NC(=O)OC(C)(C)C)CCCC1OCC1CC1. The van der Waals surface area contributed by atoms with Crippen LogP contribution in [-0.2, 0) is 19.0 Å². The van der Waals surface area contributed by atoms with E-state index in [0.717, 1.165) is 38.7 Å². The van der Waals surface area contributed by atoms with Crippen molar-refractivity contribution in [3.63, 3.8) is 0 Å². The van der Waals surface area contributed by atoms with E-state index in [4.69, 9.17) is 14.2 Å². The maximum Gasteiger partial charge on any atom is 0.408 e. The van der Waals surface area contributed by atoms with Gasteiger partial charge in [-0.05, 0) is 72.1 Å².